The minimum Gasteiger partial charge on any atom is -0.352 e. The molecule has 10 heteroatoms. The zero-order valence-electron chi connectivity index (χ0n) is 26.4. The Labute approximate surface area is 269 Å². The molecule has 4 amide bonds. The summed E-state index contributed by atoms with van der Waals surface area (Å²) in [5.41, 5.74) is 3.38. The molecule has 0 bridgehead atoms. The van der Waals surface area contributed by atoms with Crippen LogP contribution in [0.2, 0.25) is 0 Å². The van der Waals surface area contributed by atoms with Gasteiger partial charge in [0.05, 0.1) is 17.5 Å². The van der Waals surface area contributed by atoms with Crippen molar-refractivity contribution in [2.75, 3.05) is 18.4 Å². The number of imidazole rings is 1. The molecule has 242 valence electrons. The fraction of sp³-hybridized carbons (Fsp3) is 0.528. The van der Waals surface area contributed by atoms with Crippen molar-refractivity contribution < 1.29 is 19.2 Å². The van der Waals surface area contributed by atoms with Gasteiger partial charge in [-0.05, 0) is 88.0 Å². The molecule has 2 saturated carbocycles. The molecule has 4 fully saturated rings. The van der Waals surface area contributed by atoms with E-state index in [1.54, 1.807) is 9.80 Å². The normalized spacial score (nSPS) is 25.0. The second-order valence-corrected chi connectivity index (χ2v) is 13.6. The number of nitrogens with zero attached hydrogens (tertiary/aromatic N) is 3. The molecule has 2 aliphatic carbocycles. The van der Waals surface area contributed by atoms with Gasteiger partial charge in [-0.2, -0.15) is 0 Å². The number of anilines is 1. The van der Waals surface area contributed by atoms with Crippen molar-refractivity contribution in [2.24, 2.45) is 5.92 Å². The maximum atomic E-state index is 13.3. The number of likely N-dealkylation sites (tertiary alicyclic amines) is 2. The topological polar surface area (TPSA) is 128 Å². The van der Waals surface area contributed by atoms with Crippen molar-refractivity contribution in [3.8, 4) is 0 Å². The molecule has 0 unspecified atom stereocenters. The van der Waals surface area contributed by atoms with Gasteiger partial charge < -0.3 is 25.4 Å². The van der Waals surface area contributed by atoms with E-state index in [2.05, 4.69) is 15.6 Å². The third-order valence-corrected chi connectivity index (χ3v) is 10.6. The summed E-state index contributed by atoms with van der Waals surface area (Å²) in [5.74, 6) is 1.29. The summed E-state index contributed by atoms with van der Waals surface area (Å²) in [4.78, 5) is 64.2. The third kappa shape index (κ3) is 6.39. The summed E-state index contributed by atoms with van der Waals surface area (Å²) in [6.07, 6.45) is 9.95. The van der Waals surface area contributed by atoms with Gasteiger partial charge in [0.1, 0.15) is 17.9 Å². The maximum absolute atomic E-state index is 13.3. The van der Waals surface area contributed by atoms with Gasteiger partial charge in [0, 0.05) is 36.7 Å². The Hall–Kier alpha value is -4.21. The number of rotatable bonds is 8. The summed E-state index contributed by atoms with van der Waals surface area (Å²) in [5, 5.41) is 6.29. The van der Waals surface area contributed by atoms with Gasteiger partial charge >= 0.3 is 0 Å². The van der Waals surface area contributed by atoms with Gasteiger partial charge in [0.25, 0.3) is 0 Å². The Morgan fingerprint density at radius 1 is 0.783 bits per heavy atom. The number of nitrogens with one attached hydrogen (secondary N) is 3. The average molecular weight is 625 g/mol. The Morgan fingerprint density at radius 2 is 1.50 bits per heavy atom. The Bertz CT molecular complexity index is 1590. The molecule has 46 heavy (non-hydrogen) atoms. The second-order valence-electron chi connectivity index (χ2n) is 13.6. The van der Waals surface area contributed by atoms with Crippen molar-refractivity contribution in [2.45, 2.75) is 101 Å². The first kappa shape index (κ1) is 30.4. The van der Waals surface area contributed by atoms with Crippen molar-refractivity contribution in [1.82, 2.24) is 25.1 Å². The maximum Gasteiger partial charge on any atom is 0.247 e. The molecule has 3 N–H and O–H groups in total. The van der Waals surface area contributed by atoms with Gasteiger partial charge in [0.2, 0.25) is 23.6 Å². The monoisotopic (exact) mass is 624 g/mol. The van der Waals surface area contributed by atoms with Crippen LogP contribution in [0.3, 0.4) is 0 Å². The minimum atomic E-state index is -0.402. The van der Waals surface area contributed by atoms with Gasteiger partial charge in [-0.1, -0.05) is 36.8 Å². The number of H-pyrrole nitrogens is 1. The van der Waals surface area contributed by atoms with E-state index in [4.69, 9.17) is 4.98 Å². The molecule has 3 heterocycles. The molecular weight excluding hydrogens is 580 g/mol. The first-order chi connectivity index (χ1) is 22.4. The van der Waals surface area contributed by atoms with Gasteiger partial charge in [-0.25, -0.2) is 4.98 Å². The SMILES string of the molecule is O=C(NC1CCC(c2nc3cc(NC(=O)[C@@H]4CCCN4C(=O)C4CCC4)ccc3[nH]2)CC1)[C@@H]1CCCN1C(=O)Cc1ccccc1. The van der Waals surface area contributed by atoms with Gasteiger partial charge in [-0.3, -0.25) is 19.2 Å². The van der Waals surface area contributed by atoms with Crippen LogP contribution in [0.4, 0.5) is 5.69 Å². The quantitative estimate of drug-likeness (QED) is 0.336. The molecule has 0 radical (unpaired) electrons. The lowest BCUT2D eigenvalue weighted by Crippen LogP contribution is -2.49. The summed E-state index contributed by atoms with van der Waals surface area (Å²) in [6, 6.07) is 14.7. The average Bonchev–Trinajstić information content (AvgIpc) is 3.81. The van der Waals surface area contributed by atoms with Crippen LogP contribution < -0.4 is 10.6 Å². The Kier molecular flexibility index (Phi) is 8.78. The van der Waals surface area contributed by atoms with Gasteiger partial charge in [0.15, 0.2) is 0 Å². The van der Waals surface area contributed by atoms with Crippen molar-refractivity contribution in [3.63, 3.8) is 0 Å². The number of benzene rings is 2. The molecule has 3 aromatic rings. The van der Waals surface area contributed by atoms with Crippen LogP contribution in [0, 0.1) is 5.92 Å². The van der Waals surface area contributed by atoms with Crippen LogP contribution in [0.5, 0.6) is 0 Å². The van der Waals surface area contributed by atoms with E-state index in [0.717, 1.165) is 80.2 Å². The third-order valence-electron chi connectivity index (χ3n) is 10.6. The van der Waals surface area contributed by atoms with Crippen LogP contribution in [0.25, 0.3) is 11.0 Å². The number of amides is 4. The fourth-order valence-corrected chi connectivity index (χ4v) is 7.73. The lowest BCUT2D eigenvalue weighted by Gasteiger charge is -2.32. The summed E-state index contributed by atoms with van der Waals surface area (Å²) < 4.78 is 0. The lowest BCUT2D eigenvalue weighted by atomic mass is 9.84. The summed E-state index contributed by atoms with van der Waals surface area (Å²) in [6.45, 7) is 1.29. The zero-order chi connectivity index (χ0) is 31.6. The molecule has 2 saturated heterocycles. The van der Waals surface area contributed by atoms with E-state index in [9.17, 15) is 19.2 Å². The molecule has 0 spiro atoms. The van der Waals surface area contributed by atoms with E-state index in [0.29, 0.717) is 38.0 Å². The number of carbonyl (C=O) groups is 4. The Morgan fingerprint density at radius 3 is 2.22 bits per heavy atom. The molecule has 10 nitrogen and oxygen atoms in total. The highest BCUT2D eigenvalue weighted by Crippen LogP contribution is 2.34. The number of hydrogen-bond donors (Lipinski definition) is 3. The predicted octanol–water partition coefficient (Wildman–Crippen LogP) is 4.67. The summed E-state index contributed by atoms with van der Waals surface area (Å²) in [7, 11) is 0. The summed E-state index contributed by atoms with van der Waals surface area (Å²) >= 11 is 0. The van der Waals surface area contributed by atoms with E-state index < -0.39 is 6.04 Å². The number of carbonyl (C=O) groups excluding carboxylic acids is 4. The van der Waals surface area contributed by atoms with Crippen LogP contribution in [-0.4, -0.2) is 74.6 Å². The van der Waals surface area contributed by atoms with E-state index >= 15 is 0 Å². The van der Waals surface area contributed by atoms with Crippen LogP contribution in [-0.2, 0) is 25.6 Å². The molecule has 7 rings (SSSR count). The highest BCUT2D eigenvalue weighted by molar-refractivity contribution is 5.99. The first-order valence-electron chi connectivity index (χ1n) is 17.2. The molecular formula is C36H44N6O4. The van der Waals surface area contributed by atoms with E-state index in [-0.39, 0.29) is 47.5 Å². The van der Waals surface area contributed by atoms with Crippen molar-refractivity contribution in [1.29, 1.82) is 0 Å². The second kappa shape index (κ2) is 13.3. The minimum absolute atomic E-state index is 0.0136. The number of hydrogen-bond acceptors (Lipinski definition) is 5. The lowest BCUT2D eigenvalue weighted by molar-refractivity contribution is -0.142. The van der Waals surface area contributed by atoms with Gasteiger partial charge in [-0.15, -0.1) is 0 Å². The standard InChI is InChI=1S/C36H44N6O4/c43-32(21-23-7-2-1-3-8-23)41-19-5-11-30(41)34(44)37-26-15-13-24(14-16-26)33-39-28-18-17-27(22-29(28)40-33)38-35(45)31-12-6-20-42(31)36(46)25-9-4-10-25/h1-3,7-8,17-18,22,24-26,30-31H,4-6,9-16,19-21H2,(H,37,44)(H,38,45)(H,39,40)/t24?,26?,30-,31-/m0/s1. The fourth-order valence-electron chi connectivity index (χ4n) is 7.73. The predicted molar refractivity (Wildman–Crippen MR) is 175 cm³/mol. The smallest absolute Gasteiger partial charge is 0.247 e. The zero-order valence-corrected chi connectivity index (χ0v) is 26.4. The number of aromatic amines is 1. The number of aromatic nitrogens is 2. The van der Waals surface area contributed by atoms with Crippen LogP contribution in [0.1, 0.15) is 87.9 Å². The molecule has 2 atom stereocenters. The number of fused-ring (bicyclic) bond motifs is 1. The van der Waals surface area contributed by atoms with Crippen LogP contribution >= 0.6 is 0 Å². The van der Waals surface area contributed by atoms with Crippen molar-refractivity contribution in [3.05, 3.63) is 59.9 Å². The Balaban J connectivity index is 0.914. The van der Waals surface area contributed by atoms with Crippen molar-refractivity contribution >= 4 is 40.3 Å². The first-order valence-corrected chi connectivity index (χ1v) is 17.2. The molecule has 2 aliphatic heterocycles. The largest absolute Gasteiger partial charge is 0.352 e. The molecule has 2 aromatic carbocycles. The van der Waals surface area contributed by atoms with E-state index in [1.165, 1.54) is 0 Å². The van der Waals surface area contributed by atoms with Crippen LogP contribution in [0.15, 0.2) is 48.5 Å². The highest BCUT2D eigenvalue weighted by atomic mass is 16.2. The van der Waals surface area contributed by atoms with E-state index in [1.807, 2.05) is 48.5 Å². The molecule has 1 aromatic heterocycles. The highest BCUT2D eigenvalue weighted by Gasteiger charge is 2.39. The molecule has 4 aliphatic rings.